The quantitative estimate of drug-likeness (QED) is 0.441. The Bertz CT molecular complexity index is 854. The van der Waals surface area contributed by atoms with Gasteiger partial charge in [0.25, 0.3) is 0 Å². The second kappa shape index (κ2) is 15.7. The highest BCUT2D eigenvalue weighted by atomic mass is 16.1. The SMILES string of the molecule is C\C=C/C(=C\C=C\CC)CNc1ncc(-c2cccc(CN(C)C)c2)cn1.NCC=O. The number of hydrogen-bond acceptors (Lipinski definition) is 6. The van der Waals surface area contributed by atoms with Crippen LogP contribution in [0.4, 0.5) is 5.95 Å². The average Bonchev–Trinajstić information content (AvgIpc) is 2.78. The maximum Gasteiger partial charge on any atom is 0.222 e. The lowest BCUT2D eigenvalue weighted by Crippen LogP contribution is -2.10. The molecule has 0 amide bonds. The zero-order valence-corrected chi connectivity index (χ0v) is 19.1. The number of anilines is 1. The van der Waals surface area contributed by atoms with Gasteiger partial charge >= 0.3 is 0 Å². The van der Waals surface area contributed by atoms with Crippen molar-refractivity contribution in [1.29, 1.82) is 0 Å². The number of aromatic nitrogens is 2. The summed E-state index contributed by atoms with van der Waals surface area (Å²) in [6, 6.07) is 8.51. The molecule has 3 N–H and O–H groups in total. The van der Waals surface area contributed by atoms with E-state index in [1.165, 1.54) is 11.1 Å². The third kappa shape index (κ3) is 11.0. The molecule has 6 nitrogen and oxygen atoms in total. The number of nitrogens with zero attached hydrogens (tertiary/aromatic N) is 3. The van der Waals surface area contributed by atoms with Crippen molar-refractivity contribution in [2.24, 2.45) is 5.73 Å². The van der Waals surface area contributed by atoms with Gasteiger partial charge in [0.1, 0.15) is 6.29 Å². The molecule has 0 aliphatic carbocycles. The summed E-state index contributed by atoms with van der Waals surface area (Å²) in [6.45, 7) is 5.90. The standard InChI is InChI=1S/C23H30N4.C2H5NO/c1-5-7-8-11-19(10-6-2)15-24-23-25-16-22(17-26-23)21-13-9-12-20(14-21)18-27(3)4;3-1-2-4/h6-14,16-17H,5,15,18H2,1-4H3,(H,24,25,26);2H,1,3H2/b8-7+,10-6-,19-11+;. The highest BCUT2D eigenvalue weighted by molar-refractivity contribution is 5.62. The normalized spacial score (nSPS) is 11.6. The Balaban J connectivity index is 0.00000110. The first-order chi connectivity index (χ1) is 15.0. The van der Waals surface area contributed by atoms with E-state index < -0.39 is 0 Å². The first-order valence-electron chi connectivity index (χ1n) is 10.5. The highest BCUT2D eigenvalue weighted by Crippen LogP contribution is 2.20. The molecule has 0 saturated carbocycles. The number of benzene rings is 1. The predicted octanol–water partition coefficient (Wildman–Crippen LogP) is 4.23. The Morgan fingerprint density at radius 2 is 1.90 bits per heavy atom. The predicted molar refractivity (Wildman–Crippen MR) is 131 cm³/mol. The van der Waals surface area contributed by atoms with Crippen molar-refractivity contribution in [3.63, 3.8) is 0 Å². The van der Waals surface area contributed by atoms with Crippen LogP contribution in [0.25, 0.3) is 11.1 Å². The zero-order chi connectivity index (χ0) is 22.9. The average molecular weight is 422 g/mol. The number of hydrogen-bond donors (Lipinski definition) is 2. The summed E-state index contributed by atoms with van der Waals surface area (Å²) in [5.41, 5.74) is 9.29. The lowest BCUT2D eigenvalue weighted by molar-refractivity contribution is -0.106. The second-order valence-electron chi connectivity index (χ2n) is 7.07. The van der Waals surface area contributed by atoms with Crippen LogP contribution in [0.15, 0.2) is 72.6 Å². The Hall–Kier alpha value is -3.09. The molecule has 2 rings (SSSR count). The fourth-order valence-corrected chi connectivity index (χ4v) is 2.68. The van der Waals surface area contributed by atoms with Crippen LogP contribution in [-0.2, 0) is 11.3 Å². The van der Waals surface area contributed by atoms with Crippen molar-refractivity contribution in [2.75, 3.05) is 32.5 Å². The van der Waals surface area contributed by atoms with Gasteiger partial charge in [-0.2, -0.15) is 0 Å². The number of carbonyl (C=O) groups is 1. The number of nitrogens with two attached hydrogens (primary N) is 1. The molecule has 1 aromatic heterocycles. The summed E-state index contributed by atoms with van der Waals surface area (Å²) < 4.78 is 0. The first kappa shape index (κ1) is 25.9. The van der Waals surface area contributed by atoms with Crippen molar-refractivity contribution < 1.29 is 4.79 Å². The van der Waals surface area contributed by atoms with E-state index in [-0.39, 0.29) is 6.54 Å². The largest absolute Gasteiger partial charge is 0.350 e. The smallest absolute Gasteiger partial charge is 0.222 e. The van der Waals surface area contributed by atoms with Gasteiger partial charge in [-0.15, -0.1) is 0 Å². The van der Waals surface area contributed by atoms with E-state index in [2.05, 4.69) is 95.5 Å². The van der Waals surface area contributed by atoms with Crippen molar-refractivity contribution in [3.8, 4) is 11.1 Å². The Morgan fingerprint density at radius 1 is 1.19 bits per heavy atom. The fourth-order valence-electron chi connectivity index (χ4n) is 2.68. The van der Waals surface area contributed by atoms with Gasteiger partial charge in [0.2, 0.25) is 5.95 Å². The monoisotopic (exact) mass is 421 g/mol. The minimum atomic E-state index is 0.139. The molecule has 0 spiro atoms. The van der Waals surface area contributed by atoms with Crippen LogP contribution in [0.3, 0.4) is 0 Å². The highest BCUT2D eigenvalue weighted by Gasteiger charge is 2.03. The summed E-state index contributed by atoms with van der Waals surface area (Å²) in [6.07, 6.45) is 15.9. The van der Waals surface area contributed by atoms with Crippen molar-refractivity contribution in [2.45, 2.75) is 26.8 Å². The van der Waals surface area contributed by atoms with Gasteiger partial charge in [-0.3, -0.25) is 0 Å². The second-order valence-corrected chi connectivity index (χ2v) is 7.07. The summed E-state index contributed by atoms with van der Waals surface area (Å²) in [4.78, 5) is 20.2. The van der Waals surface area contributed by atoms with Crippen molar-refractivity contribution in [1.82, 2.24) is 14.9 Å². The maximum absolute atomic E-state index is 9.05. The lowest BCUT2D eigenvalue weighted by atomic mass is 10.1. The van der Waals surface area contributed by atoms with Crippen LogP contribution in [-0.4, -0.2) is 48.3 Å². The minimum Gasteiger partial charge on any atom is -0.350 e. The van der Waals surface area contributed by atoms with E-state index >= 15 is 0 Å². The van der Waals surface area contributed by atoms with E-state index in [1.807, 2.05) is 25.4 Å². The van der Waals surface area contributed by atoms with E-state index in [0.29, 0.717) is 18.8 Å². The van der Waals surface area contributed by atoms with Gasteiger partial charge in [-0.1, -0.05) is 55.5 Å². The van der Waals surface area contributed by atoms with Gasteiger partial charge in [0, 0.05) is 37.6 Å². The van der Waals surface area contributed by atoms with Gasteiger partial charge in [-0.05, 0) is 50.2 Å². The third-order valence-corrected chi connectivity index (χ3v) is 4.02. The topological polar surface area (TPSA) is 84.1 Å². The van der Waals surface area contributed by atoms with Gasteiger partial charge in [0.15, 0.2) is 0 Å². The number of allylic oxidation sites excluding steroid dienone is 4. The molecule has 0 bridgehead atoms. The molecule has 166 valence electrons. The molecule has 1 aromatic carbocycles. The number of aldehydes is 1. The van der Waals surface area contributed by atoms with E-state index in [1.54, 1.807) is 0 Å². The Labute approximate surface area is 186 Å². The fraction of sp³-hybridized carbons (Fsp3) is 0.320. The van der Waals surface area contributed by atoms with Gasteiger partial charge < -0.3 is 20.7 Å². The zero-order valence-electron chi connectivity index (χ0n) is 19.1. The van der Waals surface area contributed by atoms with Crippen LogP contribution in [0.2, 0.25) is 0 Å². The van der Waals surface area contributed by atoms with Crippen LogP contribution < -0.4 is 11.1 Å². The van der Waals surface area contributed by atoms with Gasteiger partial charge in [-0.25, -0.2) is 9.97 Å². The van der Waals surface area contributed by atoms with Crippen LogP contribution in [0.1, 0.15) is 25.8 Å². The first-order valence-corrected chi connectivity index (χ1v) is 10.5. The molecule has 31 heavy (non-hydrogen) atoms. The summed E-state index contributed by atoms with van der Waals surface area (Å²) >= 11 is 0. The van der Waals surface area contributed by atoms with E-state index in [9.17, 15) is 0 Å². The molecule has 0 aliphatic rings. The molecule has 0 fully saturated rings. The van der Waals surface area contributed by atoms with Crippen LogP contribution >= 0.6 is 0 Å². The Morgan fingerprint density at radius 3 is 2.48 bits per heavy atom. The molecule has 0 atom stereocenters. The van der Waals surface area contributed by atoms with Crippen LogP contribution in [0.5, 0.6) is 0 Å². The number of carbonyl (C=O) groups excluding carboxylic acids is 1. The molecule has 2 aromatic rings. The van der Waals surface area contributed by atoms with Gasteiger partial charge in [0.05, 0.1) is 0 Å². The minimum absolute atomic E-state index is 0.139. The molecule has 1 heterocycles. The molecule has 0 radical (unpaired) electrons. The maximum atomic E-state index is 9.05. The molecule has 6 heteroatoms. The van der Waals surface area contributed by atoms with E-state index in [0.717, 1.165) is 24.1 Å². The van der Waals surface area contributed by atoms with E-state index in [4.69, 9.17) is 4.79 Å². The van der Waals surface area contributed by atoms with Crippen molar-refractivity contribution in [3.05, 3.63) is 78.2 Å². The summed E-state index contributed by atoms with van der Waals surface area (Å²) in [5, 5.41) is 3.29. The number of nitrogens with one attached hydrogen (secondary N) is 1. The molecule has 0 saturated heterocycles. The molecule has 0 aliphatic heterocycles. The van der Waals surface area contributed by atoms with Crippen LogP contribution in [0, 0.1) is 0 Å². The lowest BCUT2D eigenvalue weighted by Gasteiger charge is -2.11. The number of rotatable bonds is 10. The molecule has 0 unspecified atom stereocenters. The molecular formula is C25H35N5O. The summed E-state index contributed by atoms with van der Waals surface area (Å²) in [5.74, 6) is 0.637. The van der Waals surface area contributed by atoms with Crippen molar-refractivity contribution >= 4 is 12.2 Å². The third-order valence-electron chi connectivity index (χ3n) is 4.02. The summed E-state index contributed by atoms with van der Waals surface area (Å²) in [7, 11) is 4.15. The Kier molecular flexibility index (Phi) is 13.1. The molecular weight excluding hydrogens is 386 g/mol.